The molecule has 0 fully saturated rings. The zero-order chi connectivity index (χ0) is 13.1. The predicted molar refractivity (Wildman–Crippen MR) is 75.6 cm³/mol. The standard InChI is InChI=1S/C14H23ClN2/c1-11(12-8-6-7-9-13(12)15)16-10-14(2,3)17(4)5/h6-9,11,16H,10H2,1-5H3. The van der Waals surface area contributed by atoms with Crippen LogP contribution in [0.4, 0.5) is 0 Å². The van der Waals surface area contributed by atoms with E-state index in [1.54, 1.807) is 0 Å². The molecule has 0 saturated heterocycles. The van der Waals surface area contributed by atoms with Crippen molar-refractivity contribution in [2.75, 3.05) is 20.6 Å². The molecule has 1 rings (SSSR count). The Morgan fingerprint density at radius 1 is 1.29 bits per heavy atom. The Kier molecular flexibility index (Phi) is 4.99. The summed E-state index contributed by atoms with van der Waals surface area (Å²) >= 11 is 6.18. The normalized spacial score (nSPS) is 14.1. The molecule has 0 radical (unpaired) electrons. The van der Waals surface area contributed by atoms with Crippen molar-refractivity contribution in [3.05, 3.63) is 34.9 Å². The van der Waals surface area contributed by atoms with E-state index in [0.717, 1.165) is 17.1 Å². The molecule has 17 heavy (non-hydrogen) atoms. The quantitative estimate of drug-likeness (QED) is 0.867. The molecule has 0 heterocycles. The molecular weight excluding hydrogens is 232 g/mol. The highest BCUT2D eigenvalue weighted by molar-refractivity contribution is 6.31. The van der Waals surface area contributed by atoms with E-state index in [-0.39, 0.29) is 11.6 Å². The van der Waals surface area contributed by atoms with Gasteiger partial charge < -0.3 is 10.2 Å². The summed E-state index contributed by atoms with van der Waals surface area (Å²) in [5, 5.41) is 4.36. The largest absolute Gasteiger partial charge is 0.308 e. The first-order valence-corrected chi connectivity index (χ1v) is 6.37. The van der Waals surface area contributed by atoms with E-state index in [1.165, 1.54) is 0 Å². The fourth-order valence-electron chi connectivity index (χ4n) is 1.50. The highest BCUT2D eigenvalue weighted by Gasteiger charge is 2.21. The lowest BCUT2D eigenvalue weighted by atomic mass is 10.0. The van der Waals surface area contributed by atoms with Crippen molar-refractivity contribution in [3.8, 4) is 0 Å². The summed E-state index contributed by atoms with van der Waals surface area (Å²) in [6, 6.07) is 8.26. The van der Waals surface area contributed by atoms with Gasteiger partial charge in [-0.1, -0.05) is 29.8 Å². The average Bonchev–Trinajstić information content (AvgIpc) is 2.26. The third kappa shape index (κ3) is 3.98. The monoisotopic (exact) mass is 254 g/mol. The van der Waals surface area contributed by atoms with E-state index in [1.807, 2.05) is 18.2 Å². The van der Waals surface area contributed by atoms with Crippen molar-refractivity contribution in [2.45, 2.75) is 32.4 Å². The maximum atomic E-state index is 6.18. The maximum absolute atomic E-state index is 6.18. The van der Waals surface area contributed by atoms with Gasteiger partial charge in [0.05, 0.1) is 0 Å². The van der Waals surface area contributed by atoms with Crippen molar-refractivity contribution in [1.29, 1.82) is 0 Å². The molecule has 1 N–H and O–H groups in total. The maximum Gasteiger partial charge on any atom is 0.0453 e. The summed E-state index contributed by atoms with van der Waals surface area (Å²) in [6.07, 6.45) is 0. The van der Waals surface area contributed by atoms with Crippen LogP contribution in [0.25, 0.3) is 0 Å². The number of nitrogens with zero attached hydrogens (tertiary/aromatic N) is 1. The van der Waals surface area contributed by atoms with Crippen LogP contribution in [0.5, 0.6) is 0 Å². The molecule has 1 atom stereocenters. The zero-order valence-corrected chi connectivity index (χ0v) is 12.2. The topological polar surface area (TPSA) is 15.3 Å². The zero-order valence-electron chi connectivity index (χ0n) is 11.4. The first-order valence-electron chi connectivity index (χ1n) is 6.00. The molecule has 0 aliphatic rings. The smallest absolute Gasteiger partial charge is 0.0453 e. The Labute approximate surface area is 110 Å². The number of benzene rings is 1. The second kappa shape index (κ2) is 5.85. The molecule has 96 valence electrons. The van der Waals surface area contributed by atoms with Gasteiger partial charge in [0.15, 0.2) is 0 Å². The lowest BCUT2D eigenvalue weighted by Crippen LogP contribution is -2.47. The minimum atomic E-state index is 0.134. The van der Waals surface area contributed by atoms with Crippen LogP contribution in [0.15, 0.2) is 24.3 Å². The molecule has 2 nitrogen and oxygen atoms in total. The lowest BCUT2D eigenvalue weighted by Gasteiger charge is -2.34. The molecule has 0 aliphatic carbocycles. The van der Waals surface area contributed by atoms with Crippen LogP contribution >= 0.6 is 11.6 Å². The summed E-state index contributed by atoms with van der Waals surface area (Å²) in [4.78, 5) is 2.22. The Morgan fingerprint density at radius 3 is 2.41 bits per heavy atom. The third-order valence-electron chi connectivity index (χ3n) is 3.42. The number of rotatable bonds is 5. The highest BCUT2D eigenvalue weighted by atomic mass is 35.5. The molecule has 0 amide bonds. The van der Waals surface area contributed by atoms with Crippen LogP contribution in [0.2, 0.25) is 5.02 Å². The van der Waals surface area contributed by atoms with Gasteiger partial charge in [-0.2, -0.15) is 0 Å². The molecule has 0 saturated carbocycles. The van der Waals surface area contributed by atoms with Gasteiger partial charge in [0.1, 0.15) is 0 Å². The molecular formula is C14H23ClN2. The summed E-state index contributed by atoms with van der Waals surface area (Å²) in [6.45, 7) is 7.51. The Morgan fingerprint density at radius 2 is 1.88 bits per heavy atom. The first kappa shape index (κ1) is 14.5. The van der Waals surface area contributed by atoms with E-state index in [4.69, 9.17) is 11.6 Å². The minimum absolute atomic E-state index is 0.134. The Balaban J connectivity index is 2.62. The number of hydrogen-bond donors (Lipinski definition) is 1. The van der Waals surface area contributed by atoms with Crippen LogP contribution in [0, 0.1) is 0 Å². The first-order chi connectivity index (χ1) is 7.84. The molecule has 0 bridgehead atoms. The van der Waals surface area contributed by atoms with E-state index in [0.29, 0.717) is 0 Å². The van der Waals surface area contributed by atoms with Crippen molar-refractivity contribution in [3.63, 3.8) is 0 Å². The highest BCUT2D eigenvalue weighted by Crippen LogP contribution is 2.22. The van der Waals surface area contributed by atoms with Crippen LogP contribution in [-0.2, 0) is 0 Å². The molecule has 1 unspecified atom stereocenters. The summed E-state index contributed by atoms with van der Waals surface area (Å²) in [5.41, 5.74) is 1.29. The van der Waals surface area contributed by atoms with Crippen LogP contribution in [0.3, 0.4) is 0 Å². The average molecular weight is 255 g/mol. The van der Waals surface area contributed by atoms with Crippen LogP contribution in [-0.4, -0.2) is 31.1 Å². The van der Waals surface area contributed by atoms with Crippen molar-refractivity contribution in [1.82, 2.24) is 10.2 Å². The summed E-state index contributed by atoms with van der Waals surface area (Å²) < 4.78 is 0. The molecule has 3 heteroatoms. The van der Waals surface area contributed by atoms with Gasteiger partial charge in [-0.15, -0.1) is 0 Å². The fourth-order valence-corrected chi connectivity index (χ4v) is 1.80. The number of halogens is 1. The lowest BCUT2D eigenvalue weighted by molar-refractivity contribution is 0.185. The predicted octanol–water partition coefficient (Wildman–Crippen LogP) is 3.33. The van der Waals surface area contributed by atoms with E-state index in [2.05, 4.69) is 51.1 Å². The van der Waals surface area contributed by atoms with Crippen LogP contribution < -0.4 is 5.32 Å². The van der Waals surface area contributed by atoms with Gasteiger partial charge in [-0.3, -0.25) is 0 Å². The van der Waals surface area contributed by atoms with Gasteiger partial charge in [-0.05, 0) is 46.5 Å². The van der Waals surface area contributed by atoms with E-state index in [9.17, 15) is 0 Å². The van der Waals surface area contributed by atoms with Gasteiger partial charge >= 0.3 is 0 Å². The van der Waals surface area contributed by atoms with E-state index < -0.39 is 0 Å². The van der Waals surface area contributed by atoms with Crippen molar-refractivity contribution in [2.24, 2.45) is 0 Å². The van der Waals surface area contributed by atoms with E-state index >= 15 is 0 Å². The summed E-state index contributed by atoms with van der Waals surface area (Å²) in [5.74, 6) is 0. The molecule has 0 aliphatic heterocycles. The fraction of sp³-hybridized carbons (Fsp3) is 0.571. The van der Waals surface area contributed by atoms with Crippen molar-refractivity contribution < 1.29 is 0 Å². The molecule has 1 aromatic rings. The Bertz CT molecular complexity index is 361. The minimum Gasteiger partial charge on any atom is -0.308 e. The molecule has 1 aromatic carbocycles. The van der Waals surface area contributed by atoms with Gasteiger partial charge in [-0.25, -0.2) is 0 Å². The third-order valence-corrected chi connectivity index (χ3v) is 3.77. The van der Waals surface area contributed by atoms with Gasteiger partial charge in [0.2, 0.25) is 0 Å². The SMILES string of the molecule is CC(NCC(C)(C)N(C)C)c1ccccc1Cl. The summed E-state index contributed by atoms with van der Waals surface area (Å²) in [7, 11) is 4.20. The molecule has 0 aromatic heterocycles. The number of nitrogens with one attached hydrogen (secondary N) is 1. The second-order valence-corrected chi connectivity index (χ2v) is 5.74. The number of likely N-dealkylation sites (N-methyl/N-ethyl adjacent to an activating group) is 1. The van der Waals surface area contributed by atoms with Gasteiger partial charge in [0, 0.05) is 23.1 Å². The van der Waals surface area contributed by atoms with Crippen molar-refractivity contribution >= 4 is 11.6 Å². The van der Waals surface area contributed by atoms with Crippen LogP contribution in [0.1, 0.15) is 32.4 Å². The number of hydrogen-bond acceptors (Lipinski definition) is 2. The second-order valence-electron chi connectivity index (χ2n) is 5.33. The molecule has 0 spiro atoms. The van der Waals surface area contributed by atoms with Gasteiger partial charge in [0.25, 0.3) is 0 Å². The Hall–Kier alpha value is -0.570.